The van der Waals surface area contributed by atoms with Crippen molar-refractivity contribution in [2.75, 3.05) is 18.5 Å². The zero-order valence-corrected chi connectivity index (χ0v) is 15.9. The first-order valence-electron chi connectivity index (χ1n) is 9.54. The Morgan fingerprint density at radius 2 is 1.38 bits per heavy atom. The van der Waals surface area contributed by atoms with E-state index in [1.807, 2.05) is 0 Å². The maximum atomic E-state index is 11.7. The quantitative estimate of drug-likeness (QED) is 0.283. The number of ether oxygens (including phenoxy) is 3. The number of amides is 1. The molecule has 0 aliphatic heterocycles. The third kappa shape index (κ3) is 10.6. The van der Waals surface area contributed by atoms with Gasteiger partial charge < -0.3 is 14.2 Å². The molecule has 1 rings (SSSR count). The number of hydrogen-bond acceptors (Lipinski definition) is 5. The molecule has 0 heterocycles. The number of carbonyl (C=O) groups is 2. The maximum Gasteiger partial charge on any atom is 0.513 e. The molecule has 6 nitrogen and oxygen atoms in total. The van der Waals surface area contributed by atoms with E-state index in [0.29, 0.717) is 24.7 Å². The van der Waals surface area contributed by atoms with E-state index in [1.165, 1.54) is 0 Å². The summed E-state index contributed by atoms with van der Waals surface area (Å²) in [5.74, 6) is 0.363. The van der Waals surface area contributed by atoms with Crippen molar-refractivity contribution in [3.8, 4) is 5.75 Å². The molecule has 0 atom stereocenters. The molecule has 1 aromatic carbocycles. The first kappa shape index (κ1) is 21.8. The molecule has 0 saturated heterocycles. The summed E-state index contributed by atoms with van der Waals surface area (Å²) < 4.78 is 15.2. The highest BCUT2D eigenvalue weighted by Crippen LogP contribution is 2.16. The minimum absolute atomic E-state index is 0.363. The Hall–Kier alpha value is -2.24. The van der Waals surface area contributed by atoms with E-state index < -0.39 is 12.2 Å². The Labute approximate surface area is 156 Å². The molecule has 26 heavy (non-hydrogen) atoms. The maximum absolute atomic E-state index is 11.7. The molecule has 0 saturated carbocycles. The fourth-order valence-electron chi connectivity index (χ4n) is 2.26. The molecule has 6 heteroatoms. The van der Waals surface area contributed by atoms with Gasteiger partial charge in [0.2, 0.25) is 0 Å². The number of hydrogen-bond donors (Lipinski definition) is 1. The van der Waals surface area contributed by atoms with E-state index in [-0.39, 0.29) is 0 Å². The Balaban J connectivity index is 2.23. The van der Waals surface area contributed by atoms with Gasteiger partial charge in [-0.3, -0.25) is 5.32 Å². The van der Waals surface area contributed by atoms with E-state index in [9.17, 15) is 9.59 Å². The zero-order valence-electron chi connectivity index (χ0n) is 15.9. The van der Waals surface area contributed by atoms with Crippen LogP contribution in [0.2, 0.25) is 0 Å². The van der Waals surface area contributed by atoms with Gasteiger partial charge in [0.15, 0.2) is 0 Å². The van der Waals surface area contributed by atoms with Crippen LogP contribution in [0.15, 0.2) is 24.3 Å². The van der Waals surface area contributed by atoms with Gasteiger partial charge in [-0.25, -0.2) is 9.59 Å². The molecular formula is C20H31NO5. The number of nitrogens with one attached hydrogen (secondary N) is 1. The Kier molecular flexibility index (Phi) is 11.7. The minimum Gasteiger partial charge on any atom is -0.449 e. The van der Waals surface area contributed by atoms with Crippen LogP contribution in [0.1, 0.15) is 65.2 Å². The number of carbonyl (C=O) groups excluding carboxylic acids is 2. The number of unbranched alkanes of at least 4 members (excludes halogenated alkanes) is 6. The standard InChI is InChI=1S/C20H31NO5/c1-3-5-7-9-15-24-19(22)21-17-11-13-18(14-12-17)26-20(23)25-16-10-8-6-4-2/h11-14H,3-10,15-16H2,1-2H3,(H,21,22). The molecular weight excluding hydrogens is 334 g/mol. The van der Waals surface area contributed by atoms with Crippen LogP contribution in [0, 0.1) is 0 Å². The molecule has 1 N–H and O–H groups in total. The van der Waals surface area contributed by atoms with Crippen LogP contribution >= 0.6 is 0 Å². The molecule has 1 aromatic rings. The second-order valence-electron chi connectivity index (χ2n) is 6.11. The summed E-state index contributed by atoms with van der Waals surface area (Å²) in [4.78, 5) is 23.2. The van der Waals surface area contributed by atoms with Crippen molar-refractivity contribution in [1.82, 2.24) is 0 Å². The van der Waals surface area contributed by atoms with Gasteiger partial charge in [-0.15, -0.1) is 0 Å². The molecule has 146 valence electrons. The fourth-order valence-corrected chi connectivity index (χ4v) is 2.26. The summed E-state index contributed by atoms with van der Waals surface area (Å²) >= 11 is 0. The van der Waals surface area contributed by atoms with E-state index in [4.69, 9.17) is 14.2 Å². The Morgan fingerprint density at radius 3 is 1.96 bits per heavy atom. The lowest BCUT2D eigenvalue weighted by Gasteiger charge is -2.08. The predicted molar refractivity (Wildman–Crippen MR) is 102 cm³/mol. The van der Waals surface area contributed by atoms with Crippen LogP contribution in [-0.4, -0.2) is 25.5 Å². The van der Waals surface area contributed by atoms with Crippen molar-refractivity contribution >= 4 is 17.9 Å². The van der Waals surface area contributed by atoms with Crippen LogP contribution in [0.3, 0.4) is 0 Å². The normalized spacial score (nSPS) is 10.2. The minimum atomic E-state index is -0.714. The Morgan fingerprint density at radius 1 is 0.808 bits per heavy atom. The van der Waals surface area contributed by atoms with Gasteiger partial charge in [0.1, 0.15) is 5.75 Å². The topological polar surface area (TPSA) is 73.9 Å². The van der Waals surface area contributed by atoms with E-state index in [2.05, 4.69) is 19.2 Å². The SMILES string of the molecule is CCCCCCOC(=O)Nc1ccc(OC(=O)OCCCCCC)cc1. The van der Waals surface area contributed by atoms with Crippen molar-refractivity contribution in [2.24, 2.45) is 0 Å². The second kappa shape index (κ2) is 14.0. The van der Waals surface area contributed by atoms with Crippen molar-refractivity contribution in [3.05, 3.63) is 24.3 Å². The molecule has 0 bridgehead atoms. The lowest BCUT2D eigenvalue weighted by atomic mass is 10.2. The summed E-state index contributed by atoms with van der Waals surface area (Å²) in [6.07, 6.45) is 7.17. The molecule has 0 aliphatic carbocycles. The lowest BCUT2D eigenvalue weighted by molar-refractivity contribution is 0.0973. The smallest absolute Gasteiger partial charge is 0.449 e. The number of anilines is 1. The third-order valence-corrected chi connectivity index (χ3v) is 3.75. The molecule has 0 unspecified atom stereocenters. The summed E-state index contributed by atoms with van der Waals surface area (Å²) in [7, 11) is 0. The van der Waals surface area contributed by atoms with Crippen LogP contribution < -0.4 is 10.1 Å². The van der Waals surface area contributed by atoms with Gasteiger partial charge in [0, 0.05) is 5.69 Å². The van der Waals surface area contributed by atoms with E-state index in [1.54, 1.807) is 24.3 Å². The molecule has 0 aliphatic rings. The second-order valence-corrected chi connectivity index (χ2v) is 6.11. The highest BCUT2D eigenvalue weighted by atomic mass is 16.7. The van der Waals surface area contributed by atoms with Crippen molar-refractivity contribution < 1.29 is 23.8 Å². The molecule has 0 fully saturated rings. The zero-order chi connectivity index (χ0) is 19.0. The van der Waals surface area contributed by atoms with Gasteiger partial charge in [0.05, 0.1) is 13.2 Å². The van der Waals surface area contributed by atoms with Crippen molar-refractivity contribution in [3.63, 3.8) is 0 Å². The van der Waals surface area contributed by atoms with E-state index >= 15 is 0 Å². The van der Waals surface area contributed by atoms with Crippen LogP contribution in [0.25, 0.3) is 0 Å². The highest BCUT2D eigenvalue weighted by Gasteiger charge is 2.07. The van der Waals surface area contributed by atoms with Gasteiger partial charge >= 0.3 is 12.2 Å². The van der Waals surface area contributed by atoms with E-state index in [0.717, 1.165) is 51.4 Å². The largest absolute Gasteiger partial charge is 0.513 e. The van der Waals surface area contributed by atoms with Crippen LogP contribution in [0.4, 0.5) is 15.3 Å². The summed E-state index contributed by atoms with van der Waals surface area (Å²) in [6, 6.07) is 6.47. The van der Waals surface area contributed by atoms with Crippen LogP contribution in [-0.2, 0) is 9.47 Å². The first-order chi connectivity index (χ1) is 12.7. The average Bonchev–Trinajstić information content (AvgIpc) is 2.63. The van der Waals surface area contributed by atoms with Gasteiger partial charge in [0.25, 0.3) is 0 Å². The van der Waals surface area contributed by atoms with Gasteiger partial charge in [-0.1, -0.05) is 52.4 Å². The summed E-state index contributed by atoms with van der Waals surface area (Å²) in [6.45, 7) is 5.04. The van der Waals surface area contributed by atoms with Gasteiger partial charge in [-0.2, -0.15) is 0 Å². The number of benzene rings is 1. The molecule has 0 radical (unpaired) electrons. The Bertz CT molecular complexity index is 468. The average molecular weight is 365 g/mol. The summed E-state index contributed by atoms with van der Waals surface area (Å²) in [5.41, 5.74) is 0.573. The van der Waals surface area contributed by atoms with Crippen LogP contribution in [0.5, 0.6) is 5.75 Å². The third-order valence-electron chi connectivity index (χ3n) is 3.75. The number of rotatable bonds is 12. The summed E-state index contributed by atoms with van der Waals surface area (Å²) in [5, 5.41) is 2.63. The molecule has 0 aromatic heterocycles. The molecule has 0 spiro atoms. The van der Waals surface area contributed by atoms with Gasteiger partial charge in [-0.05, 0) is 37.1 Å². The monoisotopic (exact) mass is 365 g/mol. The fraction of sp³-hybridized carbons (Fsp3) is 0.600. The van der Waals surface area contributed by atoms with Crippen molar-refractivity contribution in [2.45, 2.75) is 65.2 Å². The highest BCUT2D eigenvalue weighted by molar-refractivity contribution is 5.84. The molecule has 1 amide bonds. The lowest BCUT2D eigenvalue weighted by Crippen LogP contribution is -2.14. The first-order valence-corrected chi connectivity index (χ1v) is 9.54. The predicted octanol–water partition coefficient (Wildman–Crippen LogP) is 5.91. The van der Waals surface area contributed by atoms with Crippen molar-refractivity contribution in [1.29, 1.82) is 0 Å².